The van der Waals surface area contributed by atoms with Crippen LogP contribution in [0.3, 0.4) is 0 Å². The molecule has 5 heteroatoms. The number of rotatable bonds is 4. The molecular formula is C16H22N4S. The Labute approximate surface area is 131 Å². The summed E-state index contributed by atoms with van der Waals surface area (Å²) in [6, 6.07) is 10.7. The number of hydrogen-bond acceptors (Lipinski definition) is 2. The standard InChI is InChI=1S/C16H22N4S/c1-11(2)17-16(21)18-15-7-5-6-14(9-15)10-20-13(4)8-12(3)19-20/h5-9,11H,10H2,1-4H3,(H2,17,18,21). The average Bonchev–Trinajstić information content (AvgIpc) is 2.67. The van der Waals surface area contributed by atoms with Crippen molar-refractivity contribution in [1.82, 2.24) is 15.1 Å². The SMILES string of the molecule is Cc1cc(C)n(Cc2cccc(NC(=S)NC(C)C)c2)n1. The Morgan fingerprint density at radius 2 is 2.05 bits per heavy atom. The number of nitrogens with one attached hydrogen (secondary N) is 2. The fourth-order valence-electron chi connectivity index (χ4n) is 2.18. The first kappa shape index (κ1) is 15.5. The fourth-order valence-corrected chi connectivity index (χ4v) is 2.54. The third-order valence-electron chi connectivity index (χ3n) is 3.04. The summed E-state index contributed by atoms with van der Waals surface area (Å²) in [6.45, 7) is 8.97. The first-order valence-electron chi connectivity index (χ1n) is 7.11. The van der Waals surface area contributed by atoms with Crippen LogP contribution in [0.4, 0.5) is 5.69 Å². The molecule has 0 amide bonds. The molecular weight excluding hydrogens is 280 g/mol. The maximum atomic E-state index is 5.27. The number of aromatic nitrogens is 2. The second-order valence-electron chi connectivity index (χ2n) is 5.54. The fraction of sp³-hybridized carbons (Fsp3) is 0.375. The normalized spacial score (nSPS) is 10.7. The van der Waals surface area contributed by atoms with Crippen molar-refractivity contribution in [3.8, 4) is 0 Å². The van der Waals surface area contributed by atoms with Crippen molar-refractivity contribution in [2.24, 2.45) is 0 Å². The van der Waals surface area contributed by atoms with E-state index < -0.39 is 0 Å². The van der Waals surface area contributed by atoms with E-state index in [-0.39, 0.29) is 0 Å². The minimum atomic E-state index is 0.322. The van der Waals surface area contributed by atoms with Crippen molar-refractivity contribution in [1.29, 1.82) is 0 Å². The second kappa shape index (κ2) is 6.72. The van der Waals surface area contributed by atoms with Gasteiger partial charge in [-0.15, -0.1) is 0 Å². The monoisotopic (exact) mass is 302 g/mol. The molecule has 0 atom stereocenters. The summed E-state index contributed by atoms with van der Waals surface area (Å²) in [5, 5.41) is 11.5. The van der Waals surface area contributed by atoms with Crippen LogP contribution in [0, 0.1) is 13.8 Å². The lowest BCUT2D eigenvalue weighted by Crippen LogP contribution is -2.33. The lowest BCUT2D eigenvalue weighted by Gasteiger charge is -2.14. The highest BCUT2D eigenvalue weighted by molar-refractivity contribution is 7.80. The number of benzene rings is 1. The largest absolute Gasteiger partial charge is 0.360 e. The molecule has 0 bridgehead atoms. The lowest BCUT2D eigenvalue weighted by molar-refractivity contribution is 0.659. The van der Waals surface area contributed by atoms with E-state index >= 15 is 0 Å². The highest BCUT2D eigenvalue weighted by atomic mass is 32.1. The van der Waals surface area contributed by atoms with E-state index in [1.54, 1.807) is 0 Å². The van der Waals surface area contributed by atoms with Crippen molar-refractivity contribution in [3.05, 3.63) is 47.3 Å². The van der Waals surface area contributed by atoms with Crippen molar-refractivity contribution in [2.75, 3.05) is 5.32 Å². The Balaban J connectivity index is 2.07. The molecule has 112 valence electrons. The Bertz CT molecular complexity index is 631. The van der Waals surface area contributed by atoms with E-state index in [0.29, 0.717) is 11.2 Å². The quantitative estimate of drug-likeness (QED) is 0.851. The van der Waals surface area contributed by atoms with E-state index in [1.807, 2.05) is 23.7 Å². The van der Waals surface area contributed by atoms with Crippen LogP contribution in [0.5, 0.6) is 0 Å². The van der Waals surface area contributed by atoms with Crippen LogP contribution in [-0.2, 0) is 6.54 Å². The summed E-state index contributed by atoms with van der Waals surface area (Å²) < 4.78 is 2.01. The van der Waals surface area contributed by atoms with Gasteiger partial charge < -0.3 is 10.6 Å². The Kier molecular flexibility index (Phi) is 4.96. The molecule has 2 N–H and O–H groups in total. The van der Waals surface area contributed by atoms with Crippen LogP contribution < -0.4 is 10.6 Å². The van der Waals surface area contributed by atoms with E-state index in [2.05, 4.69) is 54.7 Å². The number of anilines is 1. The minimum Gasteiger partial charge on any atom is -0.360 e. The van der Waals surface area contributed by atoms with Gasteiger partial charge in [-0.25, -0.2) is 0 Å². The van der Waals surface area contributed by atoms with Crippen molar-refractivity contribution in [2.45, 2.75) is 40.3 Å². The zero-order chi connectivity index (χ0) is 15.4. The Morgan fingerprint density at radius 3 is 2.67 bits per heavy atom. The molecule has 0 unspecified atom stereocenters. The summed E-state index contributed by atoms with van der Waals surface area (Å²) in [7, 11) is 0. The minimum absolute atomic E-state index is 0.322. The second-order valence-corrected chi connectivity index (χ2v) is 5.95. The zero-order valence-corrected chi connectivity index (χ0v) is 13.8. The van der Waals surface area contributed by atoms with Crippen LogP contribution in [-0.4, -0.2) is 20.9 Å². The van der Waals surface area contributed by atoms with Gasteiger partial charge in [0.2, 0.25) is 0 Å². The molecule has 0 fully saturated rings. The highest BCUT2D eigenvalue weighted by Crippen LogP contribution is 2.13. The summed E-state index contributed by atoms with van der Waals surface area (Å²) in [5.74, 6) is 0. The summed E-state index contributed by atoms with van der Waals surface area (Å²) in [6.07, 6.45) is 0. The van der Waals surface area contributed by atoms with Gasteiger partial charge in [-0.1, -0.05) is 12.1 Å². The summed E-state index contributed by atoms with van der Waals surface area (Å²) in [4.78, 5) is 0. The van der Waals surface area contributed by atoms with Crippen molar-refractivity contribution >= 4 is 23.0 Å². The molecule has 4 nitrogen and oxygen atoms in total. The van der Waals surface area contributed by atoms with E-state index in [0.717, 1.165) is 17.9 Å². The van der Waals surface area contributed by atoms with Gasteiger partial charge in [0.1, 0.15) is 0 Å². The Morgan fingerprint density at radius 1 is 1.29 bits per heavy atom. The molecule has 0 saturated heterocycles. The van der Waals surface area contributed by atoms with Gasteiger partial charge in [0, 0.05) is 17.4 Å². The lowest BCUT2D eigenvalue weighted by atomic mass is 10.2. The average molecular weight is 302 g/mol. The van der Waals surface area contributed by atoms with Crippen molar-refractivity contribution in [3.63, 3.8) is 0 Å². The predicted molar refractivity (Wildman–Crippen MR) is 91.7 cm³/mol. The van der Waals surface area contributed by atoms with E-state index in [1.165, 1.54) is 11.3 Å². The maximum absolute atomic E-state index is 5.27. The zero-order valence-electron chi connectivity index (χ0n) is 13.0. The highest BCUT2D eigenvalue weighted by Gasteiger charge is 2.04. The summed E-state index contributed by atoms with van der Waals surface area (Å²) >= 11 is 5.27. The van der Waals surface area contributed by atoms with Crippen LogP contribution in [0.1, 0.15) is 30.8 Å². The first-order valence-corrected chi connectivity index (χ1v) is 7.52. The smallest absolute Gasteiger partial charge is 0.170 e. The van der Waals surface area contributed by atoms with Gasteiger partial charge in [0.25, 0.3) is 0 Å². The van der Waals surface area contributed by atoms with Gasteiger partial charge >= 0.3 is 0 Å². The molecule has 1 aromatic heterocycles. The van der Waals surface area contributed by atoms with Gasteiger partial charge in [-0.3, -0.25) is 4.68 Å². The number of aryl methyl sites for hydroxylation is 2. The van der Waals surface area contributed by atoms with E-state index in [9.17, 15) is 0 Å². The molecule has 1 aromatic carbocycles. The third-order valence-corrected chi connectivity index (χ3v) is 3.26. The van der Waals surface area contributed by atoms with Crippen LogP contribution in [0.15, 0.2) is 30.3 Å². The van der Waals surface area contributed by atoms with Gasteiger partial charge in [-0.05, 0) is 63.7 Å². The van der Waals surface area contributed by atoms with Crippen LogP contribution in [0.25, 0.3) is 0 Å². The van der Waals surface area contributed by atoms with Crippen LogP contribution >= 0.6 is 12.2 Å². The molecule has 0 aliphatic rings. The molecule has 0 spiro atoms. The molecule has 1 heterocycles. The topological polar surface area (TPSA) is 41.9 Å². The van der Waals surface area contributed by atoms with Crippen molar-refractivity contribution < 1.29 is 0 Å². The van der Waals surface area contributed by atoms with Crippen LogP contribution in [0.2, 0.25) is 0 Å². The molecule has 2 aromatic rings. The molecule has 0 radical (unpaired) electrons. The van der Waals surface area contributed by atoms with Gasteiger partial charge in [0.15, 0.2) is 5.11 Å². The number of thiocarbonyl (C=S) groups is 1. The maximum Gasteiger partial charge on any atom is 0.170 e. The first-order chi connectivity index (χ1) is 9.94. The molecule has 21 heavy (non-hydrogen) atoms. The third kappa shape index (κ3) is 4.56. The Hall–Kier alpha value is -1.88. The molecule has 0 saturated carbocycles. The number of hydrogen-bond donors (Lipinski definition) is 2. The predicted octanol–water partition coefficient (Wildman–Crippen LogP) is 3.24. The molecule has 0 aliphatic heterocycles. The van der Waals surface area contributed by atoms with Gasteiger partial charge in [-0.2, -0.15) is 5.10 Å². The van der Waals surface area contributed by atoms with E-state index in [4.69, 9.17) is 12.2 Å². The number of nitrogens with zero attached hydrogens (tertiary/aromatic N) is 2. The van der Waals surface area contributed by atoms with Gasteiger partial charge in [0.05, 0.1) is 12.2 Å². The molecule has 0 aliphatic carbocycles. The summed E-state index contributed by atoms with van der Waals surface area (Å²) in [5.41, 5.74) is 4.40. The molecule has 2 rings (SSSR count).